The Labute approximate surface area is 128 Å². The fraction of sp³-hybridized carbons (Fsp3) is 0.647. The van der Waals surface area contributed by atoms with Crippen molar-refractivity contribution >= 4 is 17.3 Å². The van der Waals surface area contributed by atoms with Crippen LogP contribution in [0.25, 0.3) is 0 Å². The van der Waals surface area contributed by atoms with Crippen LogP contribution in [0.15, 0.2) is 18.2 Å². The van der Waals surface area contributed by atoms with E-state index < -0.39 is 0 Å². The average Bonchev–Trinajstić information content (AvgIpc) is 2.67. The molecule has 0 bridgehead atoms. The molecular weight excluding hydrogens is 268 g/mol. The number of nitrogens with zero attached hydrogens (tertiary/aromatic N) is 1. The molecule has 0 aliphatic carbocycles. The molecule has 1 heterocycles. The van der Waals surface area contributed by atoms with Crippen molar-refractivity contribution in [3.05, 3.63) is 28.8 Å². The van der Waals surface area contributed by atoms with Gasteiger partial charge in [-0.25, -0.2) is 0 Å². The molecule has 0 saturated carbocycles. The van der Waals surface area contributed by atoms with E-state index in [0.29, 0.717) is 6.54 Å². The molecule has 2 nitrogen and oxygen atoms in total. The highest BCUT2D eigenvalue weighted by molar-refractivity contribution is 6.31. The number of halogens is 1. The Morgan fingerprint density at radius 1 is 1.30 bits per heavy atom. The first-order chi connectivity index (χ1) is 9.61. The van der Waals surface area contributed by atoms with E-state index >= 15 is 0 Å². The van der Waals surface area contributed by atoms with E-state index in [1.807, 2.05) is 0 Å². The first-order valence-electron chi connectivity index (χ1n) is 7.85. The Morgan fingerprint density at radius 3 is 2.75 bits per heavy atom. The van der Waals surface area contributed by atoms with E-state index in [-0.39, 0.29) is 0 Å². The molecule has 0 aromatic heterocycles. The molecule has 1 atom stereocenters. The third-order valence-electron chi connectivity index (χ3n) is 4.53. The van der Waals surface area contributed by atoms with Crippen LogP contribution in [-0.4, -0.2) is 19.6 Å². The van der Waals surface area contributed by atoms with Crippen molar-refractivity contribution in [2.45, 2.75) is 39.5 Å². The molecule has 1 aliphatic heterocycles. The highest BCUT2D eigenvalue weighted by Gasteiger charge is 2.19. The summed E-state index contributed by atoms with van der Waals surface area (Å²) in [6.45, 7) is 7.64. The van der Waals surface area contributed by atoms with Gasteiger partial charge >= 0.3 is 0 Å². The molecule has 1 aromatic carbocycles. The second-order valence-corrected chi connectivity index (χ2v) is 6.64. The van der Waals surface area contributed by atoms with E-state index in [0.717, 1.165) is 41.9 Å². The average molecular weight is 295 g/mol. The van der Waals surface area contributed by atoms with E-state index in [9.17, 15) is 0 Å². The van der Waals surface area contributed by atoms with Gasteiger partial charge in [0, 0.05) is 23.8 Å². The number of nitrogens with two attached hydrogens (primary N) is 1. The third kappa shape index (κ3) is 3.89. The summed E-state index contributed by atoms with van der Waals surface area (Å²) in [4.78, 5) is 2.49. The molecule has 2 rings (SSSR count). The molecule has 0 radical (unpaired) electrons. The van der Waals surface area contributed by atoms with E-state index in [1.165, 1.54) is 24.9 Å². The highest BCUT2D eigenvalue weighted by atomic mass is 35.5. The van der Waals surface area contributed by atoms with Crippen LogP contribution in [0, 0.1) is 11.8 Å². The topological polar surface area (TPSA) is 29.3 Å². The van der Waals surface area contributed by atoms with Gasteiger partial charge in [0.25, 0.3) is 0 Å². The van der Waals surface area contributed by atoms with Crippen LogP contribution < -0.4 is 10.6 Å². The molecule has 1 aliphatic rings. The fourth-order valence-electron chi connectivity index (χ4n) is 3.14. The molecule has 1 aromatic rings. The van der Waals surface area contributed by atoms with Crippen molar-refractivity contribution < 1.29 is 0 Å². The normalized spacial score (nSPS) is 20.2. The monoisotopic (exact) mass is 294 g/mol. The van der Waals surface area contributed by atoms with Crippen molar-refractivity contribution in [2.24, 2.45) is 17.6 Å². The van der Waals surface area contributed by atoms with Gasteiger partial charge in [-0.05, 0) is 61.8 Å². The van der Waals surface area contributed by atoms with Crippen LogP contribution in [0.2, 0.25) is 5.02 Å². The van der Waals surface area contributed by atoms with Crippen LogP contribution in [0.3, 0.4) is 0 Å². The van der Waals surface area contributed by atoms with Gasteiger partial charge in [-0.15, -0.1) is 0 Å². The SMILES string of the molecule is CC(C)C1CCCN(c2ccc(CCN)c(Cl)c2)CC1. The Kier molecular flexibility index (Phi) is 5.74. The summed E-state index contributed by atoms with van der Waals surface area (Å²) in [7, 11) is 0. The van der Waals surface area contributed by atoms with Crippen LogP contribution in [-0.2, 0) is 6.42 Å². The third-order valence-corrected chi connectivity index (χ3v) is 4.88. The smallest absolute Gasteiger partial charge is 0.0459 e. The van der Waals surface area contributed by atoms with Gasteiger partial charge in [-0.1, -0.05) is 31.5 Å². The first-order valence-corrected chi connectivity index (χ1v) is 8.23. The van der Waals surface area contributed by atoms with Crippen LogP contribution in [0.4, 0.5) is 5.69 Å². The van der Waals surface area contributed by atoms with Gasteiger partial charge in [0.05, 0.1) is 0 Å². The lowest BCUT2D eigenvalue weighted by atomic mass is 9.89. The van der Waals surface area contributed by atoms with Crippen molar-refractivity contribution in [1.82, 2.24) is 0 Å². The summed E-state index contributed by atoms with van der Waals surface area (Å²) in [6.07, 6.45) is 4.78. The number of anilines is 1. The first kappa shape index (κ1) is 15.7. The van der Waals surface area contributed by atoms with Crippen LogP contribution >= 0.6 is 11.6 Å². The molecule has 1 fully saturated rings. The zero-order valence-electron chi connectivity index (χ0n) is 12.7. The van der Waals surface area contributed by atoms with Crippen molar-refractivity contribution in [3.8, 4) is 0 Å². The van der Waals surface area contributed by atoms with E-state index in [2.05, 4.69) is 36.9 Å². The zero-order valence-corrected chi connectivity index (χ0v) is 13.5. The lowest BCUT2D eigenvalue weighted by molar-refractivity contribution is 0.351. The second-order valence-electron chi connectivity index (χ2n) is 6.24. The summed E-state index contributed by atoms with van der Waals surface area (Å²) in [5, 5.41) is 0.859. The van der Waals surface area contributed by atoms with Crippen LogP contribution in [0.1, 0.15) is 38.7 Å². The Bertz CT molecular complexity index is 431. The Hall–Kier alpha value is -0.730. The van der Waals surface area contributed by atoms with E-state index in [1.54, 1.807) is 0 Å². The molecule has 20 heavy (non-hydrogen) atoms. The summed E-state index contributed by atoms with van der Waals surface area (Å²) in [5.74, 6) is 1.66. The maximum absolute atomic E-state index is 6.37. The van der Waals surface area contributed by atoms with Gasteiger partial charge in [-0.3, -0.25) is 0 Å². The van der Waals surface area contributed by atoms with Gasteiger partial charge in [0.15, 0.2) is 0 Å². The maximum atomic E-state index is 6.37. The number of hydrogen-bond donors (Lipinski definition) is 1. The van der Waals surface area contributed by atoms with Gasteiger partial charge in [0.2, 0.25) is 0 Å². The van der Waals surface area contributed by atoms with E-state index in [4.69, 9.17) is 17.3 Å². The van der Waals surface area contributed by atoms with Gasteiger partial charge < -0.3 is 10.6 Å². The fourth-order valence-corrected chi connectivity index (χ4v) is 3.41. The molecule has 1 unspecified atom stereocenters. The summed E-state index contributed by atoms with van der Waals surface area (Å²) < 4.78 is 0. The predicted octanol–water partition coefficient (Wildman–Crippen LogP) is 4.10. The summed E-state index contributed by atoms with van der Waals surface area (Å²) in [6, 6.07) is 6.45. The van der Waals surface area contributed by atoms with Gasteiger partial charge in [-0.2, -0.15) is 0 Å². The molecular formula is C17H27ClN2. The number of benzene rings is 1. The van der Waals surface area contributed by atoms with Crippen LogP contribution in [0.5, 0.6) is 0 Å². The lowest BCUT2D eigenvalue weighted by Crippen LogP contribution is -2.24. The van der Waals surface area contributed by atoms with Gasteiger partial charge in [0.1, 0.15) is 0 Å². The minimum atomic E-state index is 0.652. The predicted molar refractivity (Wildman–Crippen MR) is 88.6 cm³/mol. The largest absolute Gasteiger partial charge is 0.371 e. The molecule has 1 saturated heterocycles. The zero-order chi connectivity index (χ0) is 14.5. The molecule has 2 N–H and O–H groups in total. The molecule has 0 amide bonds. The highest BCUT2D eigenvalue weighted by Crippen LogP contribution is 2.29. The molecule has 112 valence electrons. The quantitative estimate of drug-likeness (QED) is 0.906. The minimum absolute atomic E-state index is 0.652. The number of hydrogen-bond acceptors (Lipinski definition) is 2. The number of rotatable bonds is 4. The minimum Gasteiger partial charge on any atom is -0.371 e. The summed E-state index contributed by atoms with van der Waals surface area (Å²) >= 11 is 6.37. The maximum Gasteiger partial charge on any atom is 0.0459 e. The lowest BCUT2D eigenvalue weighted by Gasteiger charge is -2.24. The molecule has 0 spiro atoms. The van der Waals surface area contributed by atoms with Crippen molar-refractivity contribution in [3.63, 3.8) is 0 Å². The molecule has 3 heteroatoms. The standard InChI is InChI=1S/C17H27ClN2/c1-13(2)14-4-3-10-20(11-8-14)16-6-5-15(7-9-19)17(18)12-16/h5-6,12-14H,3-4,7-11,19H2,1-2H3. The Balaban J connectivity index is 2.06. The Morgan fingerprint density at radius 2 is 2.10 bits per heavy atom. The van der Waals surface area contributed by atoms with Crippen molar-refractivity contribution in [2.75, 3.05) is 24.5 Å². The van der Waals surface area contributed by atoms with Crippen molar-refractivity contribution in [1.29, 1.82) is 0 Å². The summed E-state index contributed by atoms with van der Waals surface area (Å²) in [5.41, 5.74) is 8.03. The second kappa shape index (κ2) is 7.33.